The number of amides is 1. The molecule has 1 amide bonds. The molecule has 0 saturated carbocycles. The van der Waals surface area contributed by atoms with Crippen LogP contribution >= 0.6 is 0 Å². The van der Waals surface area contributed by atoms with Crippen LogP contribution in [0.1, 0.15) is 26.3 Å². The smallest absolute Gasteiger partial charge is 0.253 e. The number of hydrogen-bond donors (Lipinski definition) is 0. The number of benzene rings is 3. The van der Waals surface area contributed by atoms with Crippen LogP contribution in [0.4, 0.5) is 0 Å². The Labute approximate surface area is 169 Å². The lowest BCUT2D eigenvalue weighted by Crippen LogP contribution is -2.31. The van der Waals surface area contributed by atoms with E-state index < -0.39 is 0 Å². The fourth-order valence-electron chi connectivity index (χ4n) is 3.46. The van der Waals surface area contributed by atoms with Crippen molar-refractivity contribution in [2.24, 2.45) is 0 Å². The van der Waals surface area contributed by atoms with Crippen LogP contribution in [0.2, 0.25) is 0 Å². The van der Waals surface area contributed by atoms with Crippen molar-refractivity contribution in [2.75, 3.05) is 27.3 Å². The summed E-state index contributed by atoms with van der Waals surface area (Å²) in [5.74, 6) is 1.30. The molecule has 1 aliphatic carbocycles. The predicted octanol–water partition coefficient (Wildman–Crippen LogP) is 4.06. The van der Waals surface area contributed by atoms with Crippen LogP contribution in [0.3, 0.4) is 0 Å². The van der Waals surface area contributed by atoms with Crippen LogP contribution in [0.25, 0.3) is 11.1 Å². The lowest BCUT2D eigenvalue weighted by Gasteiger charge is -2.18. The molecule has 29 heavy (non-hydrogen) atoms. The average molecular weight is 387 g/mol. The topological polar surface area (TPSA) is 55.8 Å². The third-order valence-corrected chi connectivity index (χ3v) is 5.07. The first-order valence-electron chi connectivity index (χ1n) is 9.39. The van der Waals surface area contributed by atoms with E-state index in [1.54, 1.807) is 31.2 Å². The van der Waals surface area contributed by atoms with Gasteiger partial charge in [-0.1, -0.05) is 30.3 Å². The van der Waals surface area contributed by atoms with E-state index in [2.05, 4.69) is 0 Å². The molecule has 5 nitrogen and oxygen atoms in total. The molecule has 3 aromatic rings. The summed E-state index contributed by atoms with van der Waals surface area (Å²) in [7, 11) is 3.34. The number of fused-ring (bicyclic) bond motifs is 3. The maximum Gasteiger partial charge on any atom is 0.253 e. The molecule has 0 fully saturated rings. The van der Waals surface area contributed by atoms with E-state index in [9.17, 15) is 9.59 Å². The van der Waals surface area contributed by atoms with Gasteiger partial charge in [0.25, 0.3) is 5.91 Å². The summed E-state index contributed by atoms with van der Waals surface area (Å²) in [5.41, 5.74) is 3.57. The first-order chi connectivity index (χ1) is 14.1. The van der Waals surface area contributed by atoms with Crippen molar-refractivity contribution in [1.82, 2.24) is 4.90 Å². The van der Waals surface area contributed by atoms with Crippen LogP contribution in [-0.4, -0.2) is 43.9 Å². The third kappa shape index (κ3) is 3.59. The average Bonchev–Trinajstić information content (AvgIpc) is 3.05. The summed E-state index contributed by atoms with van der Waals surface area (Å²) >= 11 is 0. The molecule has 146 valence electrons. The molecule has 1 aliphatic rings. The van der Waals surface area contributed by atoms with Crippen LogP contribution in [0, 0.1) is 0 Å². The van der Waals surface area contributed by atoms with E-state index in [-0.39, 0.29) is 11.7 Å². The van der Waals surface area contributed by atoms with E-state index in [1.165, 1.54) is 0 Å². The lowest BCUT2D eigenvalue weighted by molar-refractivity contribution is 0.0774. The lowest BCUT2D eigenvalue weighted by atomic mass is 10.0. The molecule has 0 spiro atoms. The van der Waals surface area contributed by atoms with Gasteiger partial charge in [-0.3, -0.25) is 9.59 Å². The molecule has 3 aromatic carbocycles. The van der Waals surface area contributed by atoms with Gasteiger partial charge in [0.15, 0.2) is 5.78 Å². The van der Waals surface area contributed by atoms with Crippen molar-refractivity contribution in [1.29, 1.82) is 0 Å². The van der Waals surface area contributed by atoms with E-state index in [0.29, 0.717) is 35.6 Å². The summed E-state index contributed by atoms with van der Waals surface area (Å²) in [6, 6.07) is 20.1. The number of likely N-dealkylation sites (N-methyl/N-ethyl adjacent to an activating group) is 1. The molecule has 0 N–H and O–H groups in total. The SMILES string of the molecule is COc1ccc(OCCN(C)C(=O)c2ccc3c(c2)C(=O)c2ccccc2-3)cc1. The summed E-state index contributed by atoms with van der Waals surface area (Å²) in [6.07, 6.45) is 0. The van der Waals surface area contributed by atoms with E-state index in [4.69, 9.17) is 9.47 Å². The zero-order valence-corrected chi connectivity index (χ0v) is 16.3. The molecule has 0 aromatic heterocycles. The Kier molecular flexibility index (Phi) is 5.04. The minimum Gasteiger partial charge on any atom is -0.497 e. The van der Waals surface area contributed by atoms with Gasteiger partial charge in [-0.25, -0.2) is 0 Å². The summed E-state index contributed by atoms with van der Waals surface area (Å²) < 4.78 is 10.8. The highest BCUT2D eigenvalue weighted by Crippen LogP contribution is 2.36. The van der Waals surface area contributed by atoms with Gasteiger partial charge in [-0.15, -0.1) is 0 Å². The number of nitrogens with zero attached hydrogens (tertiary/aromatic N) is 1. The number of carbonyl (C=O) groups excluding carboxylic acids is 2. The fraction of sp³-hybridized carbons (Fsp3) is 0.167. The Morgan fingerprint density at radius 3 is 2.24 bits per heavy atom. The predicted molar refractivity (Wildman–Crippen MR) is 111 cm³/mol. The van der Waals surface area contributed by atoms with E-state index in [0.717, 1.165) is 16.9 Å². The molecule has 0 saturated heterocycles. The molecule has 5 heteroatoms. The molecule has 0 unspecified atom stereocenters. The normalized spacial score (nSPS) is 11.6. The Morgan fingerprint density at radius 1 is 0.862 bits per heavy atom. The molecular weight excluding hydrogens is 366 g/mol. The molecule has 0 heterocycles. The van der Waals surface area contributed by atoms with Crippen molar-refractivity contribution >= 4 is 11.7 Å². The molecule has 0 atom stereocenters. The van der Waals surface area contributed by atoms with Gasteiger partial charge in [0.05, 0.1) is 13.7 Å². The minimum atomic E-state index is -0.144. The highest BCUT2D eigenvalue weighted by Gasteiger charge is 2.27. The molecule has 0 radical (unpaired) electrons. The number of rotatable bonds is 6. The first kappa shape index (κ1) is 18.7. The standard InChI is InChI=1S/C24H21NO4/c1-25(13-14-29-18-10-8-17(28-2)9-11-18)24(27)16-7-12-20-19-5-3-4-6-21(19)23(26)22(20)15-16/h3-12,15H,13-14H2,1-2H3. The Bertz CT molecular complexity index is 1070. The van der Waals surface area contributed by atoms with Crippen LogP contribution in [0.15, 0.2) is 66.7 Å². The summed E-state index contributed by atoms with van der Waals surface area (Å²) in [6.45, 7) is 0.792. The van der Waals surface area contributed by atoms with Crippen LogP contribution in [0.5, 0.6) is 11.5 Å². The van der Waals surface area contributed by atoms with Crippen molar-refractivity contribution in [3.05, 3.63) is 83.4 Å². The monoisotopic (exact) mass is 387 g/mol. The summed E-state index contributed by atoms with van der Waals surface area (Å²) in [4.78, 5) is 27.0. The zero-order valence-electron chi connectivity index (χ0n) is 16.3. The van der Waals surface area contributed by atoms with Gasteiger partial charge in [0, 0.05) is 23.7 Å². The van der Waals surface area contributed by atoms with Gasteiger partial charge in [-0.05, 0) is 47.5 Å². The largest absolute Gasteiger partial charge is 0.497 e. The highest BCUT2D eigenvalue weighted by atomic mass is 16.5. The van der Waals surface area contributed by atoms with Gasteiger partial charge in [0.2, 0.25) is 0 Å². The number of methoxy groups -OCH3 is 1. The van der Waals surface area contributed by atoms with Crippen molar-refractivity contribution in [2.45, 2.75) is 0 Å². The maximum absolute atomic E-state index is 12.8. The first-order valence-corrected chi connectivity index (χ1v) is 9.39. The second-order valence-electron chi connectivity index (χ2n) is 6.89. The van der Waals surface area contributed by atoms with Crippen molar-refractivity contribution < 1.29 is 19.1 Å². The minimum absolute atomic E-state index is 0.0317. The molecule has 0 bridgehead atoms. The van der Waals surface area contributed by atoms with Crippen LogP contribution < -0.4 is 9.47 Å². The Hall–Kier alpha value is -3.60. The second kappa shape index (κ2) is 7.80. The molecule has 0 aliphatic heterocycles. The highest BCUT2D eigenvalue weighted by molar-refractivity contribution is 6.22. The molecule has 4 rings (SSSR count). The number of hydrogen-bond acceptors (Lipinski definition) is 4. The number of carbonyl (C=O) groups is 2. The van der Waals surface area contributed by atoms with E-state index in [1.807, 2.05) is 54.6 Å². The maximum atomic E-state index is 12.8. The Balaban J connectivity index is 1.41. The fourth-order valence-corrected chi connectivity index (χ4v) is 3.46. The second-order valence-corrected chi connectivity index (χ2v) is 6.89. The van der Waals surface area contributed by atoms with E-state index >= 15 is 0 Å². The van der Waals surface area contributed by atoms with Gasteiger partial charge in [0.1, 0.15) is 18.1 Å². The Morgan fingerprint density at radius 2 is 1.52 bits per heavy atom. The van der Waals surface area contributed by atoms with Gasteiger partial charge in [-0.2, -0.15) is 0 Å². The zero-order chi connectivity index (χ0) is 20.4. The van der Waals surface area contributed by atoms with Gasteiger partial charge < -0.3 is 14.4 Å². The van der Waals surface area contributed by atoms with Crippen LogP contribution in [-0.2, 0) is 0 Å². The summed E-state index contributed by atoms with van der Waals surface area (Å²) in [5, 5.41) is 0. The van der Waals surface area contributed by atoms with Gasteiger partial charge >= 0.3 is 0 Å². The third-order valence-electron chi connectivity index (χ3n) is 5.07. The quantitative estimate of drug-likeness (QED) is 0.501. The van der Waals surface area contributed by atoms with Crippen molar-refractivity contribution in [3.63, 3.8) is 0 Å². The number of ether oxygens (including phenoxy) is 2. The number of ketones is 1. The van der Waals surface area contributed by atoms with Crippen molar-refractivity contribution in [3.8, 4) is 22.6 Å². The molecular formula is C24H21NO4.